The van der Waals surface area contributed by atoms with Gasteiger partial charge in [-0.05, 0) is 28.7 Å². The van der Waals surface area contributed by atoms with E-state index in [0.717, 1.165) is 9.13 Å². The van der Waals surface area contributed by atoms with Crippen molar-refractivity contribution in [1.82, 2.24) is 4.98 Å². The van der Waals surface area contributed by atoms with Gasteiger partial charge in [0.15, 0.2) is 0 Å². The maximum Gasteiger partial charge on any atom is 0.134 e. The van der Waals surface area contributed by atoms with Crippen LogP contribution in [0.5, 0.6) is 0 Å². The van der Waals surface area contributed by atoms with Gasteiger partial charge < -0.3 is 5.73 Å². The third-order valence-electron chi connectivity index (χ3n) is 1.57. The van der Waals surface area contributed by atoms with Crippen LogP contribution in [0.2, 0.25) is 5.15 Å². The Bertz CT molecular complexity index is 327. The number of hydrogen-bond donors (Lipinski definition) is 1. The van der Waals surface area contributed by atoms with Gasteiger partial charge in [0.2, 0.25) is 0 Å². The first-order chi connectivity index (χ1) is 6.16. The molecule has 1 atom stereocenters. The Morgan fingerprint density at radius 1 is 1.77 bits per heavy atom. The molecule has 0 aliphatic heterocycles. The predicted octanol–water partition coefficient (Wildman–Crippen LogP) is 2.25. The third-order valence-corrected chi connectivity index (χ3v) is 2.81. The first kappa shape index (κ1) is 10.7. The van der Waals surface area contributed by atoms with Crippen molar-refractivity contribution < 1.29 is 0 Å². The van der Waals surface area contributed by atoms with Gasteiger partial charge in [-0.2, -0.15) is 5.26 Å². The number of rotatable bonds is 2. The number of aromatic nitrogens is 1. The van der Waals surface area contributed by atoms with Gasteiger partial charge in [-0.15, -0.1) is 0 Å². The van der Waals surface area contributed by atoms with Crippen LogP contribution in [0.3, 0.4) is 0 Å². The lowest BCUT2D eigenvalue weighted by atomic mass is 10.1. The van der Waals surface area contributed by atoms with Crippen LogP contribution in [0.1, 0.15) is 18.0 Å². The number of nitriles is 1. The molecular formula is C8H7ClIN3. The Kier molecular flexibility index (Phi) is 3.90. The van der Waals surface area contributed by atoms with Crippen LogP contribution in [0.4, 0.5) is 0 Å². The molecule has 0 bridgehead atoms. The number of hydrogen-bond acceptors (Lipinski definition) is 3. The van der Waals surface area contributed by atoms with Gasteiger partial charge in [-0.3, -0.25) is 0 Å². The maximum absolute atomic E-state index is 8.48. The van der Waals surface area contributed by atoms with Gasteiger partial charge >= 0.3 is 0 Å². The predicted molar refractivity (Wildman–Crippen MR) is 59.1 cm³/mol. The fraction of sp³-hybridized carbons (Fsp3) is 0.250. The summed E-state index contributed by atoms with van der Waals surface area (Å²) >= 11 is 7.98. The second-order valence-electron chi connectivity index (χ2n) is 2.47. The molecule has 1 aromatic rings. The fourth-order valence-electron chi connectivity index (χ4n) is 0.957. The minimum Gasteiger partial charge on any atom is -0.323 e. The van der Waals surface area contributed by atoms with Gasteiger partial charge in [0.05, 0.1) is 12.5 Å². The van der Waals surface area contributed by atoms with E-state index in [2.05, 4.69) is 27.6 Å². The van der Waals surface area contributed by atoms with Gasteiger partial charge in [-0.1, -0.05) is 11.6 Å². The molecule has 0 saturated heterocycles. The molecule has 1 rings (SSSR count). The molecule has 0 aliphatic rings. The highest BCUT2D eigenvalue weighted by atomic mass is 127. The highest BCUT2D eigenvalue weighted by molar-refractivity contribution is 14.1. The molecule has 0 radical (unpaired) electrons. The Morgan fingerprint density at radius 2 is 2.46 bits per heavy atom. The number of nitrogens with two attached hydrogens (primary N) is 1. The average Bonchev–Trinajstić information content (AvgIpc) is 2.04. The number of halogens is 2. The lowest BCUT2D eigenvalue weighted by Gasteiger charge is -2.10. The van der Waals surface area contributed by atoms with Crippen LogP contribution in [-0.4, -0.2) is 4.98 Å². The maximum atomic E-state index is 8.48. The van der Waals surface area contributed by atoms with Crippen LogP contribution in [-0.2, 0) is 0 Å². The minimum atomic E-state index is -0.349. The standard InChI is InChI=1S/C8H7ClIN3/c9-8-7(6(12)1-3-11)5(10)2-4-13-8/h2,4,6H,1,12H2. The quantitative estimate of drug-likeness (QED) is 0.673. The van der Waals surface area contributed by atoms with Crippen molar-refractivity contribution in [2.24, 2.45) is 5.73 Å². The first-order valence-corrected chi connectivity index (χ1v) is 5.05. The Balaban J connectivity index is 3.06. The molecule has 1 aromatic heterocycles. The molecule has 0 amide bonds. The smallest absolute Gasteiger partial charge is 0.134 e. The molecule has 0 spiro atoms. The SMILES string of the molecule is N#CCC(N)c1c(I)ccnc1Cl. The van der Waals surface area contributed by atoms with Crippen molar-refractivity contribution in [2.75, 3.05) is 0 Å². The van der Waals surface area contributed by atoms with E-state index in [1.54, 1.807) is 6.20 Å². The van der Waals surface area contributed by atoms with E-state index in [9.17, 15) is 0 Å². The lowest BCUT2D eigenvalue weighted by Crippen LogP contribution is -2.12. The van der Waals surface area contributed by atoms with E-state index in [1.807, 2.05) is 12.1 Å². The largest absolute Gasteiger partial charge is 0.323 e. The van der Waals surface area contributed by atoms with Crippen molar-refractivity contribution in [3.8, 4) is 6.07 Å². The van der Waals surface area contributed by atoms with Gasteiger partial charge in [-0.25, -0.2) is 4.98 Å². The zero-order valence-corrected chi connectivity index (χ0v) is 9.58. The molecule has 2 N–H and O–H groups in total. The van der Waals surface area contributed by atoms with E-state index in [4.69, 9.17) is 22.6 Å². The van der Waals surface area contributed by atoms with Gasteiger partial charge in [0.25, 0.3) is 0 Å². The first-order valence-electron chi connectivity index (χ1n) is 3.59. The van der Waals surface area contributed by atoms with E-state index in [1.165, 1.54) is 0 Å². The highest BCUT2D eigenvalue weighted by Crippen LogP contribution is 2.26. The lowest BCUT2D eigenvalue weighted by molar-refractivity contribution is 0.740. The average molecular weight is 308 g/mol. The van der Waals surface area contributed by atoms with E-state index in [-0.39, 0.29) is 12.5 Å². The van der Waals surface area contributed by atoms with Crippen LogP contribution in [0, 0.1) is 14.9 Å². The third kappa shape index (κ3) is 2.53. The van der Waals surface area contributed by atoms with Crippen LogP contribution >= 0.6 is 34.2 Å². The highest BCUT2D eigenvalue weighted by Gasteiger charge is 2.13. The van der Waals surface area contributed by atoms with E-state index >= 15 is 0 Å². The molecule has 3 nitrogen and oxygen atoms in total. The van der Waals surface area contributed by atoms with E-state index in [0.29, 0.717) is 5.15 Å². The van der Waals surface area contributed by atoms with Crippen LogP contribution in [0.15, 0.2) is 12.3 Å². The summed E-state index contributed by atoms with van der Waals surface area (Å²) in [4.78, 5) is 3.91. The Morgan fingerprint density at radius 3 is 3.00 bits per heavy atom. The second kappa shape index (κ2) is 4.74. The van der Waals surface area contributed by atoms with Crippen molar-refractivity contribution in [1.29, 1.82) is 5.26 Å². The fourth-order valence-corrected chi connectivity index (χ4v) is 2.23. The zero-order chi connectivity index (χ0) is 9.84. The summed E-state index contributed by atoms with van der Waals surface area (Å²) in [6.07, 6.45) is 1.87. The number of pyridine rings is 1. The normalized spacial score (nSPS) is 12.2. The molecule has 68 valence electrons. The minimum absolute atomic E-state index is 0.251. The topological polar surface area (TPSA) is 62.7 Å². The summed E-state index contributed by atoms with van der Waals surface area (Å²) in [5.41, 5.74) is 6.51. The molecule has 0 aliphatic carbocycles. The molecule has 0 fully saturated rings. The van der Waals surface area contributed by atoms with Gasteiger partial charge in [0, 0.05) is 21.4 Å². The van der Waals surface area contributed by atoms with Crippen molar-refractivity contribution in [3.63, 3.8) is 0 Å². The second-order valence-corrected chi connectivity index (χ2v) is 3.99. The van der Waals surface area contributed by atoms with Crippen molar-refractivity contribution in [3.05, 3.63) is 26.5 Å². The van der Waals surface area contributed by atoms with Crippen molar-refractivity contribution in [2.45, 2.75) is 12.5 Å². The summed E-state index contributed by atoms with van der Waals surface area (Å²) in [6.45, 7) is 0. The van der Waals surface area contributed by atoms with E-state index < -0.39 is 0 Å². The summed E-state index contributed by atoms with van der Waals surface area (Å²) in [5, 5.41) is 8.87. The molecule has 5 heteroatoms. The summed E-state index contributed by atoms with van der Waals surface area (Å²) in [6, 6.07) is 3.48. The Hall–Kier alpha value is -0.380. The monoisotopic (exact) mass is 307 g/mol. The van der Waals surface area contributed by atoms with Crippen molar-refractivity contribution >= 4 is 34.2 Å². The molecule has 0 saturated carbocycles. The van der Waals surface area contributed by atoms with Gasteiger partial charge in [0.1, 0.15) is 5.15 Å². The number of nitrogens with zero attached hydrogens (tertiary/aromatic N) is 2. The molecule has 0 aromatic carbocycles. The summed E-state index contributed by atoms with van der Waals surface area (Å²) in [7, 11) is 0. The molecular weight excluding hydrogens is 300 g/mol. The molecule has 13 heavy (non-hydrogen) atoms. The Labute approximate surface area is 95.0 Å². The zero-order valence-electron chi connectivity index (χ0n) is 6.67. The van der Waals surface area contributed by atoms with Crippen LogP contribution < -0.4 is 5.73 Å². The summed E-state index contributed by atoms with van der Waals surface area (Å²) in [5.74, 6) is 0. The molecule has 1 heterocycles. The van der Waals surface area contributed by atoms with Crippen LogP contribution in [0.25, 0.3) is 0 Å². The summed E-state index contributed by atoms with van der Waals surface area (Å²) < 4.78 is 0.945. The molecule has 1 unspecified atom stereocenters.